The minimum Gasteiger partial charge on any atom is -0.396 e. The zero-order chi connectivity index (χ0) is 17.3. The molecule has 24 heavy (non-hydrogen) atoms. The quantitative estimate of drug-likeness (QED) is 0.744. The van der Waals surface area contributed by atoms with Crippen LogP contribution in [0.2, 0.25) is 0 Å². The van der Waals surface area contributed by atoms with Gasteiger partial charge in [-0.25, -0.2) is 0 Å². The summed E-state index contributed by atoms with van der Waals surface area (Å²) in [6.45, 7) is 6.72. The van der Waals surface area contributed by atoms with E-state index in [0.717, 1.165) is 19.5 Å². The van der Waals surface area contributed by atoms with Gasteiger partial charge in [0.1, 0.15) is 0 Å². The van der Waals surface area contributed by atoms with Crippen molar-refractivity contribution >= 4 is 0 Å². The van der Waals surface area contributed by atoms with E-state index in [4.69, 9.17) is 0 Å². The van der Waals surface area contributed by atoms with Crippen LogP contribution in [0, 0.1) is 17.8 Å². The smallest absolute Gasteiger partial charge is 0.0617 e. The standard InChI is InChI=1S/C20H32N2O2/c1-14(2)10-15-4-6-16(7-5-15)19-17-11-22(3)12-18(17)20(13-24,21-19)8-9-23/h4-7,14,17-19,21,23-24H,8-13H2,1-3H3/t17-,18+,19-,20+/m1/s1. The van der Waals surface area contributed by atoms with Crippen molar-refractivity contribution in [3.8, 4) is 0 Å². The third-order valence-corrected chi connectivity index (χ3v) is 5.95. The number of aliphatic hydroxyl groups excluding tert-OH is 2. The Hall–Kier alpha value is -0.940. The SMILES string of the molecule is CC(C)Cc1ccc([C@H]2N[C@](CO)(CCO)[C@H]3CN(C)C[C@@H]23)cc1. The van der Waals surface area contributed by atoms with Gasteiger partial charge in [0.15, 0.2) is 0 Å². The molecule has 2 heterocycles. The van der Waals surface area contributed by atoms with Crippen molar-refractivity contribution in [2.24, 2.45) is 17.8 Å². The fourth-order valence-electron chi connectivity index (χ4n) is 4.84. The molecule has 3 N–H and O–H groups in total. The average molecular weight is 332 g/mol. The number of aliphatic hydroxyl groups is 2. The van der Waals surface area contributed by atoms with Crippen molar-refractivity contribution in [2.75, 3.05) is 33.4 Å². The summed E-state index contributed by atoms with van der Waals surface area (Å²) in [6.07, 6.45) is 1.72. The zero-order valence-electron chi connectivity index (χ0n) is 15.2. The van der Waals surface area contributed by atoms with Gasteiger partial charge in [-0.3, -0.25) is 0 Å². The van der Waals surface area contributed by atoms with Crippen LogP contribution in [0.4, 0.5) is 0 Å². The Bertz CT molecular complexity index is 545. The molecule has 0 radical (unpaired) electrons. The third kappa shape index (κ3) is 3.25. The Morgan fingerprint density at radius 1 is 1.21 bits per heavy atom. The Balaban J connectivity index is 1.85. The van der Waals surface area contributed by atoms with E-state index in [1.54, 1.807) is 0 Å². The number of hydrogen-bond acceptors (Lipinski definition) is 4. The largest absolute Gasteiger partial charge is 0.396 e. The number of likely N-dealkylation sites (tertiary alicyclic amines) is 1. The van der Waals surface area contributed by atoms with Gasteiger partial charge in [0.2, 0.25) is 0 Å². The van der Waals surface area contributed by atoms with E-state index < -0.39 is 0 Å². The highest BCUT2D eigenvalue weighted by atomic mass is 16.3. The molecule has 0 saturated carbocycles. The maximum absolute atomic E-state index is 10.1. The van der Waals surface area contributed by atoms with Crippen LogP contribution in [-0.2, 0) is 6.42 Å². The second kappa shape index (κ2) is 7.12. The molecule has 0 bridgehead atoms. The molecular formula is C20H32N2O2. The van der Waals surface area contributed by atoms with Gasteiger partial charge in [-0.2, -0.15) is 0 Å². The lowest BCUT2D eigenvalue weighted by atomic mass is 9.79. The van der Waals surface area contributed by atoms with E-state index in [0.29, 0.717) is 24.2 Å². The van der Waals surface area contributed by atoms with Crippen LogP contribution >= 0.6 is 0 Å². The summed E-state index contributed by atoms with van der Waals surface area (Å²) in [5, 5.41) is 23.3. The lowest BCUT2D eigenvalue weighted by molar-refractivity contribution is 0.0993. The highest BCUT2D eigenvalue weighted by Gasteiger charge is 2.55. The molecule has 4 heteroatoms. The first-order chi connectivity index (χ1) is 11.5. The maximum atomic E-state index is 10.1. The van der Waals surface area contributed by atoms with E-state index in [2.05, 4.69) is 55.4 Å². The van der Waals surface area contributed by atoms with Gasteiger partial charge in [0.25, 0.3) is 0 Å². The molecule has 0 amide bonds. The molecule has 134 valence electrons. The Kier molecular flexibility index (Phi) is 5.30. The molecule has 1 aromatic rings. The molecule has 0 aromatic heterocycles. The first kappa shape index (κ1) is 17.9. The number of nitrogens with zero attached hydrogens (tertiary/aromatic N) is 1. The minimum absolute atomic E-state index is 0.0878. The van der Waals surface area contributed by atoms with Gasteiger partial charge in [-0.1, -0.05) is 38.1 Å². The second-order valence-electron chi connectivity index (χ2n) is 8.24. The first-order valence-corrected chi connectivity index (χ1v) is 9.26. The number of nitrogens with one attached hydrogen (secondary N) is 1. The number of benzene rings is 1. The lowest BCUT2D eigenvalue weighted by Crippen LogP contribution is -2.51. The van der Waals surface area contributed by atoms with Crippen molar-refractivity contribution in [2.45, 2.75) is 38.3 Å². The van der Waals surface area contributed by atoms with Gasteiger partial charge < -0.3 is 20.4 Å². The van der Waals surface area contributed by atoms with Crippen molar-refractivity contribution in [1.82, 2.24) is 10.2 Å². The van der Waals surface area contributed by atoms with Crippen LogP contribution in [0.1, 0.15) is 37.4 Å². The normalized spacial score (nSPS) is 33.3. The fraction of sp³-hybridized carbons (Fsp3) is 0.700. The lowest BCUT2D eigenvalue weighted by Gasteiger charge is -2.33. The zero-order valence-corrected chi connectivity index (χ0v) is 15.2. The van der Waals surface area contributed by atoms with Crippen molar-refractivity contribution in [3.63, 3.8) is 0 Å². The number of rotatable bonds is 6. The number of hydrogen-bond donors (Lipinski definition) is 3. The van der Waals surface area contributed by atoms with Crippen LogP contribution in [0.3, 0.4) is 0 Å². The Morgan fingerprint density at radius 2 is 1.92 bits per heavy atom. The molecule has 2 saturated heterocycles. The van der Waals surface area contributed by atoms with Crippen molar-refractivity contribution < 1.29 is 10.2 Å². The van der Waals surface area contributed by atoms with Crippen LogP contribution in [0.25, 0.3) is 0 Å². The third-order valence-electron chi connectivity index (χ3n) is 5.95. The second-order valence-corrected chi connectivity index (χ2v) is 8.24. The van der Waals surface area contributed by atoms with Gasteiger partial charge in [0, 0.05) is 31.3 Å². The van der Waals surface area contributed by atoms with Crippen LogP contribution in [-0.4, -0.2) is 54.0 Å². The van der Waals surface area contributed by atoms with Gasteiger partial charge in [-0.05, 0) is 48.8 Å². The van der Waals surface area contributed by atoms with Gasteiger partial charge in [0.05, 0.1) is 6.61 Å². The van der Waals surface area contributed by atoms with Crippen molar-refractivity contribution in [1.29, 1.82) is 0 Å². The van der Waals surface area contributed by atoms with Crippen LogP contribution < -0.4 is 5.32 Å². The molecular weight excluding hydrogens is 300 g/mol. The van der Waals surface area contributed by atoms with Crippen molar-refractivity contribution in [3.05, 3.63) is 35.4 Å². The molecule has 2 aliphatic rings. The van der Waals surface area contributed by atoms with E-state index in [1.807, 2.05) is 0 Å². The summed E-state index contributed by atoms with van der Waals surface area (Å²) in [4.78, 5) is 2.36. The predicted octanol–water partition coefficient (Wildman–Crippen LogP) is 1.82. The Morgan fingerprint density at radius 3 is 2.50 bits per heavy atom. The topological polar surface area (TPSA) is 55.7 Å². The van der Waals surface area contributed by atoms with E-state index in [9.17, 15) is 10.2 Å². The summed E-state index contributed by atoms with van der Waals surface area (Å²) in [5.41, 5.74) is 2.34. The molecule has 2 fully saturated rings. The molecule has 0 aliphatic carbocycles. The van der Waals surface area contributed by atoms with E-state index in [1.165, 1.54) is 11.1 Å². The molecule has 4 nitrogen and oxygen atoms in total. The monoisotopic (exact) mass is 332 g/mol. The first-order valence-electron chi connectivity index (χ1n) is 9.26. The summed E-state index contributed by atoms with van der Waals surface area (Å²) >= 11 is 0. The van der Waals surface area contributed by atoms with Gasteiger partial charge in [-0.15, -0.1) is 0 Å². The molecule has 2 aliphatic heterocycles. The summed E-state index contributed by atoms with van der Waals surface area (Å²) in [5.74, 6) is 1.55. The predicted molar refractivity (Wildman–Crippen MR) is 96.9 cm³/mol. The van der Waals surface area contributed by atoms with Crippen LogP contribution in [0.15, 0.2) is 24.3 Å². The summed E-state index contributed by atoms with van der Waals surface area (Å²) < 4.78 is 0. The highest BCUT2D eigenvalue weighted by molar-refractivity contribution is 5.29. The molecule has 1 aromatic carbocycles. The van der Waals surface area contributed by atoms with Gasteiger partial charge >= 0.3 is 0 Å². The molecule has 0 unspecified atom stereocenters. The van der Waals surface area contributed by atoms with Crippen LogP contribution in [0.5, 0.6) is 0 Å². The fourth-order valence-corrected chi connectivity index (χ4v) is 4.84. The summed E-state index contributed by atoms with van der Waals surface area (Å²) in [6, 6.07) is 9.24. The number of fused-ring (bicyclic) bond motifs is 1. The Labute approximate surface area is 145 Å². The van der Waals surface area contributed by atoms with E-state index in [-0.39, 0.29) is 24.8 Å². The summed E-state index contributed by atoms with van der Waals surface area (Å²) in [7, 11) is 2.15. The molecule has 3 rings (SSSR count). The minimum atomic E-state index is -0.356. The molecule has 4 atom stereocenters. The maximum Gasteiger partial charge on any atom is 0.0617 e. The highest BCUT2D eigenvalue weighted by Crippen LogP contribution is 2.48. The molecule has 0 spiro atoms. The average Bonchev–Trinajstić information content (AvgIpc) is 3.05. The van der Waals surface area contributed by atoms with E-state index >= 15 is 0 Å².